The van der Waals surface area contributed by atoms with E-state index >= 15 is 0 Å². The number of ether oxygens (including phenoxy) is 2. The molecule has 0 aliphatic heterocycles. The second-order valence-electron chi connectivity index (χ2n) is 5.23. The molecular weight excluding hydrogens is 342 g/mol. The van der Waals surface area contributed by atoms with Gasteiger partial charge in [0, 0.05) is 18.3 Å². The fourth-order valence-electron chi connectivity index (χ4n) is 2.06. The van der Waals surface area contributed by atoms with Crippen LogP contribution in [0.5, 0.6) is 5.75 Å². The van der Waals surface area contributed by atoms with Gasteiger partial charge in [0.2, 0.25) is 11.7 Å². The minimum Gasteiger partial charge on any atom is -0.497 e. The summed E-state index contributed by atoms with van der Waals surface area (Å²) in [5, 5.41) is 2.70. The fraction of sp³-hybridized carbons (Fsp3) is 0.278. The van der Waals surface area contributed by atoms with Crippen LogP contribution in [0.3, 0.4) is 0 Å². The number of hydrogen-bond donors (Lipinski definition) is 1. The fourth-order valence-corrected chi connectivity index (χ4v) is 2.99. The van der Waals surface area contributed by atoms with Crippen molar-refractivity contribution in [2.45, 2.75) is 13.3 Å². The molecule has 0 fully saturated rings. The molecule has 132 valence electrons. The van der Waals surface area contributed by atoms with Crippen LogP contribution in [0.25, 0.3) is 0 Å². The quantitative estimate of drug-likeness (QED) is 0.577. The van der Waals surface area contributed by atoms with Crippen LogP contribution in [0.1, 0.15) is 31.8 Å². The number of carbonyl (C=O) groups excluding carboxylic acids is 3. The molecule has 0 saturated carbocycles. The minimum absolute atomic E-state index is 0.0858. The number of Topliss-reactive ketones (excluding diaryl/α,β-unsaturated/α-hetero) is 1. The molecule has 6 nitrogen and oxygen atoms in total. The number of methoxy groups -OCH3 is 1. The van der Waals surface area contributed by atoms with Crippen molar-refractivity contribution in [3.8, 4) is 5.75 Å². The summed E-state index contributed by atoms with van der Waals surface area (Å²) in [7, 11) is 1.51. The molecule has 0 aliphatic rings. The average Bonchev–Trinajstić information content (AvgIpc) is 3.08. The van der Waals surface area contributed by atoms with Crippen LogP contribution in [-0.2, 0) is 16.0 Å². The molecule has 0 aliphatic carbocycles. The highest BCUT2D eigenvalue weighted by Gasteiger charge is 2.14. The summed E-state index contributed by atoms with van der Waals surface area (Å²) in [6.07, 6.45) is 0.654. The number of rotatable bonds is 8. The van der Waals surface area contributed by atoms with Crippen molar-refractivity contribution in [3.05, 3.63) is 51.7 Å². The smallest absolute Gasteiger partial charge is 0.338 e. The maximum absolute atomic E-state index is 12.1. The summed E-state index contributed by atoms with van der Waals surface area (Å²) in [5.74, 6) is -0.373. The van der Waals surface area contributed by atoms with E-state index in [1.165, 1.54) is 25.4 Å². The highest BCUT2D eigenvalue weighted by Crippen LogP contribution is 2.18. The molecule has 1 amide bonds. The van der Waals surface area contributed by atoms with Crippen LogP contribution in [0.15, 0.2) is 36.4 Å². The largest absolute Gasteiger partial charge is 0.497 e. The lowest BCUT2D eigenvalue weighted by molar-refractivity contribution is -0.118. The van der Waals surface area contributed by atoms with Crippen LogP contribution in [-0.4, -0.2) is 37.9 Å². The first-order valence-corrected chi connectivity index (χ1v) is 8.49. The van der Waals surface area contributed by atoms with Gasteiger partial charge in [0.25, 0.3) is 0 Å². The normalized spacial score (nSPS) is 10.2. The van der Waals surface area contributed by atoms with E-state index in [0.29, 0.717) is 29.2 Å². The maximum atomic E-state index is 12.1. The number of benzene rings is 1. The molecule has 7 heteroatoms. The van der Waals surface area contributed by atoms with E-state index in [2.05, 4.69) is 5.32 Å². The summed E-state index contributed by atoms with van der Waals surface area (Å²) in [4.78, 5) is 36.5. The van der Waals surface area contributed by atoms with Crippen molar-refractivity contribution in [1.29, 1.82) is 0 Å². The minimum atomic E-state index is -0.574. The number of nitrogens with one attached hydrogen (secondary N) is 1. The summed E-state index contributed by atoms with van der Waals surface area (Å²) in [5.41, 5.74) is 0.328. The number of thiophene rings is 1. The molecule has 0 saturated heterocycles. The Morgan fingerprint density at radius 1 is 1.16 bits per heavy atom. The molecule has 1 aromatic heterocycles. The van der Waals surface area contributed by atoms with E-state index in [9.17, 15) is 14.4 Å². The number of amides is 1. The Hall–Kier alpha value is -2.67. The van der Waals surface area contributed by atoms with E-state index < -0.39 is 5.97 Å². The van der Waals surface area contributed by atoms with Crippen molar-refractivity contribution in [3.63, 3.8) is 0 Å². The Balaban J connectivity index is 1.86. The Morgan fingerprint density at radius 3 is 2.68 bits per heavy atom. The predicted octanol–water partition coefficient (Wildman–Crippen LogP) is 2.48. The molecule has 0 radical (unpaired) electrons. The monoisotopic (exact) mass is 361 g/mol. The lowest BCUT2D eigenvalue weighted by Gasteiger charge is -2.05. The SMILES string of the molecule is COc1cccc(C(=O)OCC(=O)c2ccc(CCNC(C)=O)s2)c1. The number of hydrogen-bond acceptors (Lipinski definition) is 6. The standard InChI is InChI=1S/C18H19NO5S/c1-12(20)19-9-8-15-6-7-17(25-15)16(21)11-24-18(22)13-4-3-5-14(10-13)23-2/h3-7,10H,8-9,11H2,1-2H3,(H,19,20). The lowest BCUT2D eigenvalue weighted by atomic mass is 10.2. The van der Waals surface area contributed by atoms with Gasteiger partial charge in [-0.25, -0.2) is 4.79 Å². The van der Waals surface area contributed by atoms with E-state index in [1.807, 2.05) is 6.07 Å². The second kappa shape index (κ2) is 8.98. The molecule has 0 unspecified atom stereocenters. The van der Waals surface area contributed by atoms with Crippen molar-refractivity contribution >= 4 is 29.0 Å². The number of ketones is 1. The van der Waals surface area contributed by atoms with Crippen LogP contribution in [0.2, 0.25) is 0 Å². The van der Waals surface area contributed by atoms with Crippen LogP contribution in [0.4, 0.5) is 0 Å². The Morgan fingerprint density at radius 2 is 1.96 bits per heavy atom. The van der Waals surface area contributed by atoms with Gasteiger partial charge in [0.05, 0.1) is 17.6 Å². The number of carbonyl (C=O) groups is 3. The molecule has 0 spiro atoms. The third-order valence-electron chi connectivity index (χ3n) is 3.32. The zero-order valence-corrected chi connectivity index (χ0v) is 14.9. The van der Waals surface area contributed by atoms with Gasteiger partial charge < -0.3 is 14.8 Å². The van der Waals surface area contributed by atoms with Gasteiger partial charge in [-0.1, -0.05) is 6.07 Å². The van der Waals surface area contributed by atoms with Gasteiger partial charge in [-0.2, -0.15) is 0 Å². The van der Waals surface area contributed by atoms with Crippen LogP contribution >= 0.6 is 11.3 Å². The molecule has 1 aromatic carbocycles. The molecule has 1 N–H and O–H groups in total. The Labute approximate surface area is 149 Å². The first kappa shape index (κ1) is 18.7. The second-order valence-corrected chi connectivity index (χ2v) is 6.40. The number of esters is 1. The van der Waals surface area contributed by atoms with Crippen molar-refractivity contribution in [2.24, 2.45) is 0 Å². The van der Waals surface area contributed by atoms with E-state index in [0.717, 1.165) is 4.88 Å². The highest BCUT2D eigenvalue weighted by molar-refractivity contribution is 7.14. The third-order valence-corrected chi connectivity index (χ3v) is 4.51. The van der Waals surface area contributed by atoms with Gasteiger partial charge in [0.1, 0.15) is 5.75 Å². The van der Waals surface area contributed by atoms with E-state index in [1.54, 1.807) is 30.3 Å². The Bertz CT molecular complexity index is 768. The molecular formula is C18H19NO5S. The topological polar surface area (TPSA) is 81.7 Å². The van der Waals surface area contributed by atoms with Crippen LogP contribution < -0.4 is 10.1 Å². The predicted molar refractivity (Wildman–Crippen MR) is 94.3 cm³/mol. The third kappa shape index (κ3) is 5.72. The zero-order valence-electron chi connectivity index (χ0n) is 14.0. The summed E-state index contributed by atoms with van der Waals surface area (Å²) < 4.78 is 10.1. The van der Waals surface area contributed by atoms with Gasteiger partial charge in [0.15, 0.2) is 6.61 Å². The lowest BCUT2D eigenvalue weighted by Crippen LogP contribution is -2.22. The van der Waals surface area contributed by atoms with Crippen LogP contribution in [0, 0.1) is 0 Å². The molecule has 0 atom stereocenters. The molecule has 2 rings (SSSR count). The van der Waals surface area contributed by atoms with Gasteiger partial charge in [-0.15, -0.1) is 11.3 Å². The summed E-state index contributed by atoms with van der Waals surface area (Å²) in [6.45, 7) is 1.66. The highest BCUT2D eigenvalue weighted by atomic mass is 32.1. The molecule has 0 bridgehead atoms. The Kier molecular flexibility index (Phi) is 6.71. The van der Waals surface area contributed by atoms with Crippen molar-refractivity contribution < 1.29 is 23.9 Å². The van der Waals surface area contributed by atoms with E-state index in [-0.39, 0.29) is 18.3 Å². The first-order valence-electron chi connectivity index (χ1n) is 7.67. The van der Waals surface area contributed by atoms with Gasteiger partial charge in [-0.3, -0.25) is 9.59 Å². The van der Waals surface area contributed by atoms with Crippen molar-refractivity contribution in [2.75, 3.05) is 20.3 Å². The maximum Gasteiger partial charge on any atom is 0.338 e. The molecule has 25 heavy (non-hydrogen) atoms. The van der Waals surface area contributed by atoms with Crippen molar-refractivity contribution in [1.82, 2.24) is 5.32 Å². The summed E-state index contributed by atoms with van der Waals surface area (Å²) >= 11 is 1.33. The summed E-state index contributed by atoms with van der Waals surface area (Å²) in [6, 6.07) is 10.1. The molecule has 2 aromatic rings. The van der Waals surface area contributed by atoms with Gasteiger partial charge in [-0.05, 0) is 36.8 Å². The molecule has 1 heterocycles. The zero-order chi connectivity index (χ0) is 18.2. The van der Waals surface area contributed by atoms with E-state index in [4.69, 9.17) is 9.47 Å². The van der Waals surface area contributed by atoms with Gasteiger partial charge >= 0.3 is 5.97 Å². The average molecular weight is 361 g/mol. The first-order chi connectivity index (χ1) is 12.0.